The van der Waals surface area contributed by atoms with Gasteiger partial charge in [0.15, 0.2) is 0 Å². The van der Waals surface area contributed by atoms with Crippen LogP contribution in [-0.2, 0) is 23.7 Å². The normalized spacial score (nSPS) is 19.0. The van der Waals surface area contributed by atoms with Crippen LogP contribution in [0.1, 0.15) is 40.2 Å². The Morgan fingerprint density at radius 1 is 0.765 bits per heavy atom. The molecule has 1 N–H and O–H groups in total. The van der Waals surface area contributed by atoms with Crippen molar-refractivity contribution in [2.24, 2.45) is 0 Å². The van der Waals surface area contributed by atoms with Gasteiger partial charge in [-0.1, -0.05) is 60.7 Å². The fourth-order valence-electron chi connectivity index (χ4n) is 4.46. The second-order valence-corrected chi connectivity index (χ2v) is 8.33. The minimum atomic E-state index is -4.89. The van der Waals surface area contributed by atoms with Crippen LogP contribution >= 0.6 is 0 Å². The van der Waals surface area contributed by atoms with E-state index < -0.39 is 29.6 Å². The fraction of sp³-hybridized carbons (Fsp3) is 0.308. The van der Waals surface area contributed by atoms with Crippen LogP contribution in [0.25, 0.3) is 0 Å². The summed E-state index contributed by atoms with van der Waals surface area (Å²) in [5.74, 6) is -0.0952. The number of hydrogen-bond donors (Lipinski definition) is 1. The van der Waals surface area contributed by atoms with Crippen molar-refractivity contribution < 1.29 is 31.1 Å². The monoisotopic (exact) mass is 479 g/mol. The first kappa shape index (κ1) is 24.3. The van der Waals surface area contributed by atoms with Gasteiger partial charge in [0.25, 0.3) is 0 Å². The maximum Gasteiger partial charge on any atom is 0.416 e. The molecule has 0 saturated carbocycles. The number of rotatable bonds is 6. The molecule has 0 unspecified atom stereocenters. The van der Waals surface area contributed by atoms with E-state index in [0.717, 1.165) is 23.3 Å². The van der Waals surface area contributed by atoms with Crippen molar-refractivity contribution >= 4 is 0 Å². The van der Waals surface area contributed by atoms with E-state index in [1.165, 1.54) is 0 Å². The SMILES string of the molecule is FC(F)(F)c1cc(CO[C@H]2CCN[C@H]2C(c2ccccc2)c2ccccc2)cc(C(F)(F)F)c1. The van der Waals surface area contributed by atoms with Crippen molar-refractivity contribution in [1.29, 1.82) is 0 Å². The van der Waals surface area contributed by atoms with Gasteiger partial charge in [0.2, 0.25) is 0 Å². The van der Waals surface area contributed by atoms with Gasteiger partial charge in [0.1, 0.15) is 0 Å². The van der Waals surface area contributed by atoms with Crippen molar-refractivity contribution in [2.45, 2.75) is 43.4 Å². The van der Waals surface area contributed by atoms with E-state index in [1.807, 2.05) is 60.7 Å². The van der Waals surface area contributed by atoms with Crippen LogP contribution < -0.4 is 5.32 Å². The lowest BCUT2D eigenvalue weighted by molar-refractivity contribution is -0.143. The smallest absolute Gasteiger partial charge is 0.372 e. The molecule has 1 heterocycles. The van der Waals surface area contributed by atoms with E-state index in [0.29, 0.717) is 13.0 Å². The van der Waals surface area contributed by atoms with E-state index >= 15 is 0 Å². The standard InChI is InChI=1S/C26H23F6NO/c27-25(28,29)20-13-17(14-21(15-20)26(30,31)32)16-34-22-11-12-33-24(22)23(18-7-3-1-4-8-18)19-9-5-2-6-10-19/h1-10,13-15,22-24,33H,11-12,16H2/t22-,24+/m0/s1. The van der Waals surface area contributed by atoms with Crippen LogP contribution in [0.5, 0.6) is 0 Å². The van der Waals surface area contributed by atoms with E-state index in [9.17, 15) is 26.3 Å². The fourth-order valence-corrected chi connectivity index (χ4v) is 4.46. The predicted molar refractivity (Wildman–Crippen MR) is 116 cm³/mol. The van der Waals surface area contributed by atoms with Crippen LogP contribution in [-0.4, -0.2) is 18.7 Å². The third kappa shape index (κ3) is 5.62. The van der Waals surface area contributed by atoms with Gasteiger partial charge in [0, 0.05) is 12.0 Å². The molecule has 34 heavy (non-hydrogen) atoms. The summed E-state index contributed by atoms with van der Waals surface area (Å²) in [6.45, 7) is 0.272. The number of halogens is 6. The van der Waals surface area contributed by atoms with Crippen LogP contribution in [0.2, 0.25) is 0 Å². The molecular weight excluding hydrogens is 456 g/mol. The molecule has 0 radical (unpaired) electrons. The van der Waals surface area contributed by atoms with Gasteiger partial charge in [-0.2, -0.15) is 26.3 Å². The molecule has 3 aromatic carbocycles. The van der Waals surface area contributed by atoms with Crippen LogP contribution in [0, 0.1) is 0 Å². The lowest BCUT2D eigenvalue weighted by Crippen LogP contribution is -2.38. The van der Waals surface area contributed by atoms with Crippen molar-refractivity contribution in [1.82, 2.24) is 5.32 Å². The minimum absolute atomic E-state index is 0.0952. The molecule has 3 aromatic rings. The Morgan fingerprint density at radius 3 is 1.74 bits per heavy atom. The summed E-state index contributed by atoms with van der Waals surface area (Å²) in [6.07, 6.45) is -9.58. The van der Waals surface area contributed by atoms with Gasteiger partial charge in [-0.25, -0.2) is 0 Å². The topological polar surface area (TPSA) is 21.3 Å². The van der Waals surface area contributed by atoms with E-state index in [1.54, 1.807) is 0 Å². The average Bonchev–Trinajstić information content (AvgIpc) is 3.26. The van der Waals surface area contributed by atoms with Gasteiger partial charge in [0.05, 0.1) is 23.8 Å². The zero-order valence-electron chi connectivity index (χ0n) is 18.0. The van der Waals surface area contributed by atoms with Crippen molar-refractivity contribution in [3.05, 3.63) is 107 Å². The van der Waals surface area contributed by atoms with Crippen LogP contribution in [0.3, 0.4) is 0 Å². The molecule has 0 bridgehead atoms. The maximum absolute atomic E-state index is 13.2. The largest absolute Gasteiger partial charge is 0.416 e. The Labute approximate surface area is 193 Å². The molecule has 0 aliphatic carbocycles. The summed E-state index contributed by atoms with van der Waals surface area (Å²) in [4.78, 5) is 0. The molecular formula is C26H23F6NO. The second kappa shape index (κ2) is 9.80. The summed E-state index contributed by atoms with van der Waals surface area (Å²) in [5.41, 5.74) is -0.758. The summed E-state index contributed by atoms with van der Waals surface area (Å²) in [5, 5.41) is 3.43. The van der Waals surface area contributed by atoms with Gasteiger partial charge in [-0.15, -0.1) is 0 Å². The number of ether oxygens (including phenoxy) is 1. The van der Waals surface area contributed by atoms with E-state index in [2.05, 4.69) is 5.32 Å². The average molecular weight is 479 g/mol. The molecule has 4 rings (SSSR count). The molecule has 2 atom stereocenters. The second-order valence-electron chi connectivity index (χ2n) is 8.33. The Bertz CT molecular complexity index is 1010. The highest BCUT2D eigenvalue weighted by Crippen LogP contribution is 2.37. The summed E-state index contributed by atoms with van der Waals surface area (Å²) >= 11 is 0. The number of hydrogen-bond acceptors (Lipinski definition) is 2. The molecule has 1 aliphatic rings. The molecule has 180 valence electrons. The first-order valence-corrected chi connectivity index (χ1v) is 10.9. The molecule has 0 aromatic heterocycles. The van der Waals surface area contributed by atoms with Gasteiger partial charge >= 0.3 is 12.4 Å². The van der Waals surface area contributed by atoms with Crippen molar-refractivity contribution in [3.8, 4) is 0 Å². The molecule has 1 aliphatic heterocycles. The van der Waals surface area contributed by atoms with Crippen molar-refractivity contribution in [2.75, 3.05) is 6.54 Å². The van der Waals surface area contributed by atoms with E-state index in [4.69, 9.17) is 4.74 Å². The first-order valence-electron chi connectivity index (χ1n) is 10.9. The third-order valence-corrected chi connectivity index (χ3v) is 6.00. The predicted octanol–water partition coefficient (Wildman–Crippen LogP) is 6.80. The van der Waals surface area contributed by atoms with Gasteiger partial charge in [-0.05, 0) is 47.9 Å². The highest BCUT2D eigenvalue weighted by Gasteiger charge is 2.38. The summed E-state index contributed by atoms with van der Waals surface area (Å²) in [7, 11) is 0. The molecule has 8 heteroatoms. The lowest BCUT2D eigenvalue weighted by Gasteiger charge is -2.30. The summed E-state index contributed by atoms with van der Waals surface area (Å²) in [6, 6.07) is 20.9. The quantitative estimate of drug-likeness (QED) is 0.393. The zero-order valence-corrected chi connectivity index (χ0v) is 18.0. The van der Waals surface area contributed by atoms with E-state index in [-0.39, 0.29) is 30.2 Å². The van der Waals surface area contributed by atoms with Crippen LogP contribution in [0.15, 0.2) is 78.9 Å². The first-order chi connectivity index (χ1) is 16.1. The Balaban J connectivity index is 1.60. The molecule has 0 spiro atoms. The molecule has 2 nitrogen and oxygen atoms in total. The number of benzene rings is 3. The third-order valence-electron chi connectivity index (χ3n) is 6.00. The Morgan fingerprint density at radius 2 is 1.26 bits per heavy atom. The van der Waals surface area contributed by atoms with Gasteiger partial charge < -0.3 is 10.1 Å². The molecule has 0 amide bonds. The highest BCUT2D eigenvalue weighted by atomic mass is 19.4. The molecule has 1 saturated heterocycles. The zero-order chi connectivity index (χ0) is 24.3. The minimum Gasteiger partial charge on any atom is -0.372 e. The lowest BCUT2D eigenvalue weighted by atomic mass is 9.83. The Hall–Kier alpha value is -2.84. The van der Waals surface area contributed by atoms with Crippen molar-refractivity contribution in [3.63, 3.8) is 0 Å². The maximum atomic E-state index is 13.2. The summed E-state index contributed by atoms with van der Waals surface area (Å²) < 4.78 is 85.2. The molecule has 1 fully saturated rings. The van der Waals surface area contributed by atoms with Gasteiger partial charge in [-0.3, -0.25) is 0 Å². The number of alkyl halides is 6. The van der Waals surface area contributed by atoms with Crippen LogP contribution in [0.4, 0.5) is 26.3 Å². The highest BCUT2D eigenvalue weighted by molar-refractivity contribution is 5.36. The number of nitrogens with one attached hydrogen (secondary N) is 1. The Kier molecular flexibility index (Phi) is 7.00.